The van der Waals surface area contributed by atoms with Crippen molar-refractivity contribution in [2.75, 3.05) is 18.0 Å². The van der Waals surface area contributed by atoms with Crippen molar-refractivity contribution in [2.45, 2.75) is 25.8 Å². The molecule has 1 aliphatic rings. The zero-order chi connectivity index (χ0) is 17.5. The Kier molecular flexibility index (Phi) is 7.90. The fraction of sp³-hybridized carbons (Fsp3) is 0.300. The summed E-state index contributed by atoms with van der Waals surface area (Å²) in [4.78, 5) is 18.0. The van der Waals surface area contributed by atoms with Crippen LogP contribution in [0.15, 0.2) is 59.6 Å². The third-order valence-electron chi connectivity index (χ3n) is 4.32. The molecule has 2 aromatic carbocycles. The standard InChI is InChI=1S/C20H24N4O.HI/c21-20(22-13-12-16-5-2-1-3-6-16)23-15-17-8-10-18(11-9-17)24-14-4-7-19(24)25;/h1-3,5-6,8-11H,4,7,12-15H2,(H3,21,22,23);1H. The smallest absolute Gasteiger partial charge is 0.227 e. The summed E-state index contributed by atoms with van der Waals surface area (Å²) in [5.74, 6) is 0.660. The van der Waals surface area contributed by atoms with Crippen LogP contribution in [0.25, 0.3) is 0 Å². The average molecular weight is 464 g/mol. The Balaban J connectivity index is 0.00000243. The molecule has 1 fully saturated rings. The van der Waals surface area contributed by atoms with Crippen LogP contribution in [0.3, 0.4) is 0 Å². The Morgan fingerprint density at radius 3 is 2.46 bits per heavy atom. The minimum atomic E-state index is 0. The molecule has 1 heterocycles. The lowest BCUT2D eigenvalue weighted by atomic mass is 10.1. The molecular weight excluding hydrogens is 439 g/mol. The van der Waals surface area contributed by atoms with Crippen LogP contribution >= 0.6 is 24.0 Å². The predicted octanol–water partition coefficient (Wildman–Crippen LogP) is 3.08. The van der Waals surface area contributed by atoms with Gasteiger partial charge in [-0.25, -0.2) is 4.99 Å². The maximum absolute atomic E-state index is 11.8. The van der Waals surface area contributed by atoms with Crippen LogP contribution in [0.5, 0.6) is 0 Å². The van der Waals surface area contributed by atoms with Gasteiger partial charge in [-0.3, -0.25) is 4.79 Å². The Labute approximate surface area is 171 Å². The molecule has 0 aromatic heterocycles. The summed E-state index contributed by atoms with van der Waals surface area (Å²) in [6, 6.07) is 18.2. The second-order valence-electron chi connectivity index (χ2n) is 6.18. The van der Waals surface area contributed by atoms with Crippen LogP contribution in [-0.2, 0) is 17.8 Å². The van der Waals surface area contributed by atoms with Crippen molar-refractivity contribution < 1.29 is 4.79 Å². The average Bonchev–Trinajstić information content (AvgIpc) is 3.07. The first-order valence-electron chi connectivity index (χ1n) is 8.69. The number of guanidine groups is 1. The van der Waals surface area contributed by atoms with Crippen molar-refractivity contribution in [3.8, 4) is 0 Å². The van der Waals surface area contributed by atoms with Gasteiger partial charge in [0.2, 0.25) is 5.91 Å². The molecular formula is C20H25IN4O. The van der Waals surface area contributed by atoms with Gasteiger partial charge in [0.15, 0.2) is 5.96 Å². The van der Waals surface area contributed by atoms with E-state index in [2.05, 4.69) is 22.4 Å². The van der Waals surface area contributed by atoms with Crippen LogP contribution in [0, 0.1) is 0 Å². The highest BCUT2D eigenvalue weighted by Gasteiger charge is 2.21. The Hall–Kier alpha value is -2.09. The quantitative estimate of drug-likeness (QED) is 0.392. The number of anilines is 1. The van der Waals surface area contributed by atoms with Crippen molar-refractivity contribution in [3.05, 3.63) is 65.7 Å². The largest absolute Gasteiger partial charge is 0.370 e. The highest BCUT2D eigenvalue weighted by atomic mass is 127. The van der Waals surface area contributed by atoms with E-state index in [1.54, 1.807) is 0 Å². The molecule has 1 saturated heterocycles. The fourth-order valence-corrected chi connectivity index (χ4v) is 2.91. The molecule has 0 aliphatic carbocycles. The summed E-state index contributed by atoms with van der Waals surface area (Å²) in [7, 11) is 0. The summed E-state index contributed by atoms with van der Waals surface area (Å²) in [6.45, 7) is 2.10. The summed E-state index contributed by atoms with van der Waals surface area (Å²) in [5, 5.41) is 3.14. The minimum absolute atomic E-state index is 0. The van der Waals surface area contributed by atoms with Crippen molar-refractivity contribution in [3.63, 3.8) is 0 Å². The van der Waals surface area contributed by atoms with Gasteiger partial charge in [-0.1, -0.05) is 42.5 Å². The van der Waals surface area contributed by atoms with Gasteiger partial charge < -0.3 is 16.0 Å². The number of amides is 1. The van der Waals surface area contributed by atoms with Crippen LogP contribution < -0.4 is 16.0 Å². The lowest BCUT2D eigenvalue weighted by Crippen LogP contribution is -2.33. The van der Waals surface area contributed by atoms with Crippen LogP contribution in [0.2, 0.25) is 0 Å². The fourth-order valence-electron chi connectivity index (χ4n) is 2.91. The Morgan fingerprint density at radius 2 is 1.81 bits per heavy atom. The van der Waals surface area contributed by atoms with E-state index in [1.807, 2.05) is 47.4 Å². The van der Waals surface area contributed by atoms with E-state index in [0.29, 0.717) is 18.9 Å². The number of nitrogens with one attached hydrogen (secondary N) is 1. The summed E-state index contributed by atoms with van der Waals surface area (Å²) in [6.07, 6.45) is 2.50. The minimum Gasteiger partial charge on any atom is -0.370 e. The van der Waals surface area contributed by atoms with E-state index in [1.165, 1.54) is 5.56 Å². The van der Waals surface area contributed by atoms with Crippen molar-refractivity contribution in [2.24, 2.45) is 10.7 Å². The normalized spacial score (nSPS) is 14.2. The van der Waals surface area contributed by atoms with Gasteiger partial charge in [0.05, 0.1) is 6.54 Å². The van der Waals surface area contributed by atoms with Gasteiger partial charge in [-0.05, 0) is 36.1 Å². The number of halogens is 1. The molecule has 2 aromatic rings. The van der Waals surface area contributed by atoms with Crippen LogP contribution in [0.1, 0.15) is 24.0 Å². The van der Waals surface area contributed by atoms with Crippen molar-refractivity contribution in [1.82, 2.24) is 5.32 Å². The monoisotopic (exact) mass is 464 g/mol. The van der Waals surface area contributed by atoms with Crippen LogP contribution in [0.4, 0.5) is 5.69 Å². The van der Waals surface area contributed by atoms with E-state index >= 15 is 0 Å². The van der Waals surface area contributed by atoms with Gasteiger partial charge in [-0.2, -0.15) is 0 Å². The zero-order valence-electron chi connectivity index (χ0n) is 14.7. The summed E-state index contributed by atoms with van der Waals surface area (Å²) >= 11 is 0. The summed E-state index contributed by atoms with van der Waals surface area (Å²) in [5.41, 5.74) is 9.23. The Morgan fingerprint density at radius 1 is 1.08 bits per heavy atom. The number of rotatable bonds is 6. The van der Waals surface area contributed by atoms with Gasteiger partial charge in [0.25, 0.3) is 0 Å². The van der Waals surface area contributed by atoms with Crippen LogP contribution in [-0.4, -0.2) is 25.0 Å². The summed E-state index contributed by atoms with van der Waals surface area (Å²) < 4.78 is 0. The lowest BCUT2D eigenvalue weighted by molar-refractivity contribution is -0.117. The molecule has 5 nitrogen and oxygen atoms in total. The second-order valence-corrected chi connectivity index (χ2v) is 6.18. The van der Waals surface area contributed by atoms with Gasteiger partial charge in [0, 0.05) is 25.2 Å². The molecule has 6 heteroatoms. The van der Waals surface area contributed by atoms with Crippen molar-refractivity contribution in [1.29, 1.82) is 0 Å². The predicted molar refractivity (Wildman–Crippen MR) is 117 cm³/mol. The van der Waals surface area contributed by atoms with E-state index in [0.717, 1.165) is 37.2 Å². The number of aliphatic imine (C=N–C) groups is 1. The number of benzene rings is 2. The number of nitrogens with zero attached hydrogens (tertiary/aromatic N) is 2. The van der Waals surface area contributed by atoms with E-state index in [-0.39, 0.29) is 29.9 Å². The molecule has 0 radical (unpaired) electrons. The third kappa shape index (κ3) is 5.72. The molecule has 0 atom stereocenters. The molecule has 1 aliphatic heterocycles. The molecule has 138 valence electrons. The SMILES string of the molecule is I.NC(=NCc1ccc(N2CCCC2=O)cc1)NCCc1ccccc1. The van der Waals surface area contributed by atoms with E-state index in [9.17, 15) is 4.79 Å². The molecule has 3 N–H and O–H groups in total. The molecule has 0 unspecified atom stereocenters. The first-order chi connectivity index (χ1) is 12.2. The number of nitrogens with two attached hydrogens (primary N) is 1. The maximum Gasteiger partial charge on any atom is 0.227 e. The number of hydrogen-bond acceptors (Lipinski definition) is 2. The third-order valence-corrected chi connectivity index (χ3v) is 4.32. The highest BCUT2D eigenvalue weighted by molar-refractivity contribution is 14.0. The van der Waals surface area contributed by atoms with Gasteiger partial charge in [-0.15, -0.1) is 24.0 Å². The Bertz CT molecular complexity index is 731. The topological polar surface area (TPSA) is 70.7 Å². The highest BCUT2D eigenvalue weighted by Crippen LogP contribution is 2.21. The lowest BCUT2D eigenvalue weighted by Gasteiger charge is -2.15. The molecule has 3 rings (SSSR count). The molecule has 1 amide bonds. The number of carbonyl (C=O) groups is 1. The van der Waals surface area contributed by atoms with Crippen molar-refractivity contribution >= 4 is 41.5 Å². The molecule has 26 heavy (non-hydrogen) atoms. The molecule has 0 spiro atoms. The first-order valence-corrected chi connectivity index (χ1v) is 8.69. The van der Waals surface area contributed by atoms with Gasteiger partial charge >= 0.3 is 0 Å². The maximum atomic E-state index is 11.8. The van der Waals surface area contributed by atoms with Gasteiger partial charge in [0.1, 0.15) is 0 Å². The number of hydrogen-bond donors (Lipinski definition) is 2. The first kappa shape index (κ1) is 20.2. The second kappa shape index (κ2) is 10.2. The molecule has 0 saturated carbocycles. The zero-order valence-corrected chi connectivity index (χ0v) is 17.1. The molecule has 0 bridgehead atoms. The number of carbonyl (C=O) groups excluding carboxylic acids is 1. The van der Waals surface area contributed by atoms with E-state index < -0.39 is 0 Å². The van der Waals surface area contributed by atoms with E-state index in [4.69, 9.17) is 5.73 Å².